The summed E-state index contributed by atoms with van der Waals surface area (Å²) in [6, 6.07) is 4.46. The van der Waals surface area contributed by atoms with Crippen molar-refractivity contribution in [3.8, 4) is 0 Å². The highest BCUT2D eigenvalue weighted by Gasteiger charge is 2.35. The van der Waals surface area contributed by atoms with E-state index in [1.165, 1.54) is 4.31 Å². The molecule has 146 valence electrons. The van der Waals surface area contributed by atoms with E-state index in [9.17, 15) is 13.2 Å². The van der Waals surface area contributed by atoms with Crippen LogP contribution in [0.4, 0.5) is 4.79 Å². The second-order valence-corrected chi connectivity index (χ2v) is 10.2. The maximum Gasteiger partial charge on any atom is 0.410 e. The lowest BCUT2D eigenvalue weighted by Gasteiger charge is -2.39. The summed E-state index contributed by atoms with van der Waals surface area (Å²) in [6.45, 7) is 7.89. The molecule has 0 saturated carbocycles. The number of hydrogen-bond acceptors (Lipinski definition) is 4. The molecule has 1 heterocycles. The van der Waals surface area contributed by atoms with Crippen LogP contribution in [-0.2, 0) is 20.5 Å². The summed E-state index contributed by atoms with van der Waals surface area (Å²) < 4.78 is 32.3. The molecule has 1 aromatic carbocycles. The van der Waals surface area contributed by atoms with Crippen LogP contribution in [0, 0.1) is 0 Å². The van der Waals surface area contributed by atoms with Crippen molar-refractivity contribution in [3.05, 3.63) is 33.8 Å². The Bertz CT molecular complexity index is 777. The minimum Gasteiger partial charge on any atom is -0.444 e. The zero-order chi connectivity index (χ0) is 19.7. The fourth-order valence-electron chi connectivity index (χ4n) is 2.71. The molecule has 1 amide bonds. The van der Waals surface area contributed by atoms with Gasteiger partial charge in [-0.3, -0.25) is 0 Å². The number of piperazine rings is 1. The summed E-state index contributed by atoms with van der Waals surface area (Å²) in [6.07, 6.45) is -0.431. The number of benzene rings is 1. The Morgan fingerprint density at radius 3 is 2.50 bits per heavy atom. The normalized spacial score (nSPS) is 19.5. The van der Waals surface area contributed by atoms with Crippen molar-refractivity contribution < 1.29 is 17.9 Å². The molecule has 0 bridgehead atoms. The van der Waals surface area contributed by atoms with Crippen molar-refractivity contribution >= 4 is 39.3 Å². The van der Waals surface area contributed by atoms with Gasteiger partial charge in [0.25, 0.3) is 0 Å². The fourth-order valence-corrected chi connectivity index (χ4v) is 4.79. The van der Waals surface area contributed by atoms with Gasteiger partial charge in [0, 0.05) is 35.7 Å². The van der Waals surface area contributed by atoms with Crippen molar-refractivity contribution in [2.45, 2.75) is 45.1 Å². The summed E-state index contributed by atoms with van der Waals surface area (Å²) in [5.41, 5.74) is -0.134. The highest BCUT2D eigenvalue weighted by Crippen LogP contribution is 2.25. The van der Waals surface area contributed by atoms with Crippen molar-refractivity contribution in [2.75, 3.05) is 19.6 Å². The highest BCUT2D eigenvalue weighted by molar-refractivity contribution is 7.88. The molecule has 2 rings (SSSR count). The van der Waals surface area contributed by atoms with Gasteiger partial charge in [-0.05, 0) is 51.5 Å². The number of hydrogen-bond donors (Lipinski definition) is 0. The van der Waals surface area contributed by atoms with Gasteiger partial charge >= 0.3 is 6.09 Å². The van der Waals surface area contributed by atoms with E-state index in [1.54, 1.807) is 50.8 Å². The number of ether oxygens (including phenoxy) is 1. The molecule has 0 spiro atoms. The van der Waals surface area contributed by atoms with Crippen LogP contribution in [0.25, 0.3) is 0 Å². The lowest BCUT2D eigenvalue weighted by Crippen LogP contribution is -2.56. The third-order valence-electron chi connectivity index (χ3n) is 3.96. The highest BCUT2D eigenvalue weighted by atomic mass is 35.5. The minimum absolute atomic E-state index is 0.208. The molecule has 0 radical (unpaired) electrons. The van der Waals surface area contributed by atoms with E-state index in [2.05, 4.69) is 0 Å². The number of amides is 1. The van der Waals surface area contributed by atoms with Crippen molar-refractivity contribution in [1.82, 2.24) is 9.21 Å². The molecule has 26 heavy (non-hydrogen) atoms. The Labute approximate surface area is 165 Å². The van der Waals surface area contributed by atoms with E-state index in [1.807, 2.05) is 0 Å². The van der Waals surface area contributed by atoms with Gasteiger partial charge in [0.15, 0.2) is 0 Å². The van der Waals surface area contributed by atoms with Crippen LogP contribution in [0.15, 0.2) is 18.2 Å². The Morgan fingerprint density at radius 2 is 1.92 bits per heavy atom. The molecule has 0 aliphatic carbocycles. The van der Waals surface area contributed by atoms with Crippen LogP contribution in [0.2, 0.25) is 10.0 Å². The molecule has 0 unspecified atom stereocenters. The lowest BCUT2D eigenvalue weighted by atomic mass is 10.2. The van der Waals surface area contributed by atoms with Gasteiger partial charge in [-0.15, -0.1) is 0 Å². The van der Waals surface area contributed by atoms with E-state index in [4.69, 9.17) is 27.9 Å². The maximum atomic E-state index is 12.8. The summed E-state index contributed by atoms with van der Waals surface area (Å²) in [5, 5.41) is 0.793. The summed E-state index contributed by atoms with van der Waals surface area (Å²) in [5.74, 6) is -0.231. The van der Waals surface area contributed by atoms with E-state index in [-0.39, 0.29) is 31.4 Å². The van der Waals surface area contributed by atoms with Gasteiger partial charge < -0.3 is 9.64 Å². The second-order valence-electron chi connectivity index (χ2n) is 7.37. The Balaban J connectivity index is 2.07. The molecule has 1 atom stereocenters. The van der Waals surface area contributed by atoms with E-state index in [0.717, 1.165) is 0 Å². The molecule has 1 aliphatic heterocycles. The molecule has 6 nitrogen and oxygen atoms in total. The fraction of sp³-hybridized carbons (Fsp3) is 0.588. The predicted octanol–water partition coefficient (Wildman–Crippen LogP) is 3.76. The Morgan fingerprint density at radius 1 is 1.27 bits per heavy atom. The zero-order valence-electron chi connectivity index (χ0n) is 15.3. The average molecular weight is 423 g/mol. The van der Waals surface area contributed by atoms with Gasteiger partial charge in [0.05, 0.1) is 5.75 Å². The molecular formula is C17H24Cl2N2O4S. The van der Waals surface area contributed by atoms with Crippen LogP contribution in [0.5, 0.6) is 0 Å². The first-order valence-electron chi connectivity index (χ1n) is 8.30. The number of nitrogens with zero attached hydrogens (tertiary/aromatic N) is 2. The predicted molar refractivity (Wildman–Crippen MR) is 103 cm³/mol. The van der Waals surface area contributed by atoms with Crippen LogP contribution >= 0.6 is 23.2 Å². The quantitative estimate of drug-likeness (QED) is 0.743. The first-order valence-corrected chi connectivity index (χ1v) is 10.7. The summed E-state index contributed by atoms with van der Waals surface area (Å²) in [4.78, 5) is 13.8. The van der Waals surface area contributed by atoms with E-state index < -0.39 is 21.7 Å². The lowest BCUT2D eigenvalue weighted by molar-refractivity contribution is 0.00857. The number of carbonyl (C=O) groups is 1. The molecule has 9 heteroatoms. The van der Waals surface area contributed by atoms with Crippen LogP contribution < -0.4 is 0 Å². The van der Waals surface area contributed by atoms with Crippen LogP contribution in [0.3, 0.4) is 0 Å². The second kappa shape index (κ2) is 7.92. The Kier molecular flexibility index (Phi) is 6.48. The SMILES string of the molecule is C[C@@H]1CN(S(=O)(=O)Cc2cc(Cl)ccc2Cl)CCN1C(=O)OC(C)(C)C. The first kappa shape index (κ1) is 21.3. The van der Waals surface area contributed by atoms with Gasteiger partial charge in [-0.25, -0.2) is 13.2 Å². The third-order valence-corrected chi connectivity index (χ3v) is 6.36. The van der Waals surface area contributed by atoms with Crippen LogP contribution in [-0.4, -0.2) is 55.0 Å². The van der Waals surface area contributed by atoms with Gasteiger partial charge in [-0.1, -0.05) is 23.2 Å². The molecule has 1 saturated heterocycles. The molecule has 0 N–H and O–H groups in total. The van der Waals surface area contributed by atoms with Crippen molar-refractivity contribution in [3.63, 3.8) is 0 Å². The molecule has 1 aromatic rings. The third kappa shape index (κ3) is 5.49. The van der Waals surface area contributed by atoms with Crippen molar-refractivity contribution in [1.29, 1.82) is 0 Å². The molecule has 1 aliphatic rings. The summed E-state index contributed by atoms with van der Waals surface area (Å²) in [7, 11) is -3.58. The monoisotopic (exact) mass is 422 g/mol. The Hall–Kier alpha value is -1.02. The smallest absolute Gasteiger partial charge is 0.410 e. The van der Waals surface area contributed by atoms with Gasteiger partial charge in [0.1, 0.15) is 5.60 Å². The number of sulfonamides is 1. The number of halogens is 2. The van der Waals surface area contributed by atoms with E-state index in [0.29, 0.717) is 15.6 Å². The van der Waals surface area contributed by atoms with E-state index >= 15 is 0 Å². The average Bonchev–Trinajstić information content (AvgIpc) is 2.48. The van der Waals surface area contributed by atoms with Gasteiger partial charge in [0.2, 0.25) is 10.0 Å². The number of rotatable bonds is 3. The molecule has 0 aromatic heterocycles. The largest absolute Gasteiger partial charge is 0.444 e. The maximum absolute atomic E-state index is 12.8. The number of carbonyl (C=O) groups excluding carboxylic acids is 1. The van der Waals surface area contributed by atoms with Crippen LogP contribution in [0.1, 0.15) is 33.3 Å². The minimum atomic E-state index is -3.58. The zero-order valence-corrected chi connectivity index (χ0v) is 17.7. The topological polar surface area (TPSA) is 66.9 Å². The van der Waals surface area contributed by atoms with Crippen molar-refractivity contribution in [2.24, 2.45) is 0 Å². The summed E-state index contributed by atoms with van der Waals surface area (Å²) >= 11 is 12.0. The van der Waals surface area contributed by atoms with Gasteiger partial charge in [-0.2, -0.15) is 4.31 Å². The molecular weight excluding hydrogens is 399 g/mol. The first-order chi connectivity index (χ1) is 11.9. The standard InChI is InChI=1S/C17H24Cl2N2O4S/c1-12-10-20(7-8-21(12)16(22)25-17(2,3)4)26(23,24)11-13-9-14(18)5-6-15(13)19/h5-6,9,12H,7-8,10-11H2,1-4H3/t12-/m1/s1. The molecule has 1 fully saturated rings.